The third kappa shape index (κ3) is 6.36. The van der Waals surface area contributed by atoms with Crippen LogP contribution in [0.1, 0.15) is 43.7 Å². The van der Waals surface area contributed by atoms with Crippen LogP contribution in [0.4, 0.5) is 10.5 Å². The molecule has 1 fully saturated rings. The van der Waals surface area contributed by atoms with E-state index < -0.39 is 0 Å². The minimum absolute atomic E-state index is 0.148. The van der Waals surface area contributed by atoms with Gasteiger partial charge in [0.2, 0.25) is 0 Å². The Morgan fingerprint density at radius 3 is 2.93 bits per heavy atom. The molecule has 2 amide bonds. The van der Waals surface area contributed by atoms with Gasteiger partial charge in [-0.1, -0.05) is 24.6 Å². The average Bonchev–Trinajstić information content (AvgIpc) is 2.68. The Morgan fingerprint density at radius 2 is 2.11 bits per heavy atom. The summed E-state index contributed by atoms with van der Waals surface area (Å²) in [6.07, 6.45) is 9.34. The monoisotopic (exact) mass is 366 g/mol. The van der Waals surface area contributed by atoms with Crippen molar-refractivity contribution in [3.8, 4) is 0 Å². The Balaban J connectivity index is 1.42. The van der Waals surface area contributed by atoms with Gasteiger partial charge in [-0.3, -0.25) is 9.88 Å². The van der Waals surface area contributed by atoms with Gasteiger partial charge in [-0.2, -0.15) is 0 Å². The minimum atomic E-state index is -0.148. The highest BCUT2D eigenvalue weighted by Crippen LogP contribution is 2.20. The quantitative estimate of drug-likeness (QED) is 0.722. The maximum atomic E-state index is 12.1. The number of rotatable bonds is 7. The van der Waals surface area contributed by atoms with Crippen molar-refractivity contribution in [2.45, 2.75) is 51.6 Å². The fraction of sp³-hybridized carbons (Fsp3) is 0.455. The van der Waals surface area contributed by atoms with Crippen LogP contribution in [-0.2, 0) is 13.0 Å². The van der Waals surface area contributed by atoms with Crippen molar-refractivity contribution >= 4 is 11.7 Å². The predicted molar refractivity (Wildman–Crippen MR) is 110 cm³/mol. The van der Waals surface area contributed by atoms with Crippen LogP contribution >= 0.6 is 0 Å². The van der Waals surface area contributed by atoms with Crippen molar-refractivity contribution in [1.82, 2.24) is 15.2 Å². The number of benzene rings is 1. The van der Waals surface area contributed by atoms with E-state index in [0.717, 1.165) is 31.6 Å². The molecule has 0 saturated carbocycles. The number of aryl methyl sites for hydroxylation is 1. The molecule has 1 unspecified atom stereocenters. The van der Waals surface area contributed by atoms with Crippen LogP contribution in [0.15, 0.2) is 48.8 Å². The van der Waals surface area contributed by atoms with Gasteiger partial charge in [0.15, 0.2) is 0 Å². The molecule has 0 bridgehead atoms. The smallest absolute Gasteiger partial charge is 0.319 e. The van der Waals surface area contributed by atoms with E-state index in [1.165, 1.54) is 30.4 Å². The Labute approximate surface area is 162 Å². The lowest BCUT2D eigenvalue weighted by Crippen LogP contribution is -2.36. The first-order valence-electron chi connectivity index (χ1n) is 9.97. The summed E-state index contributed by atoms with van der Waals surface area (Å²) < 4.78 is 0. The number of likely N-dealkylation sites (tertiary alicyclic amines) is 1. The number of anilines is 1. The van der Waals surface area contributed by atoms with Crippen molar-refractivity contribution in [2.75, 3.05) is 18.4 Å². The molecule has 5 heteroatoms. The number of carbonyl (C=O) groups excluding carboxylic acids is 1. The molecule has 1 aromatic heterocycles. The van der Waals surface area contributed by atoms with Crippen molar-refractivity contribution < 1.29 is 4.79 Å². The van der Waals surface area contributed by atoms with E-state index in [-0.39, 0.29) is 6.03 Å². The number of amides is 2. The lowest BCUT2D eigenvalue weighted by molar-refractivity contribution is 0.152. The summed E-state index contributed by atoms with van der Waals surface area (Å²) in [5, 5.41) is 5.88. The van der Waals surface area contributed by atoms with Gasteiger partial charge in [0, 0.05) is 37.2 Å². The van der Waals surface area contributed by atoms with Gasteiger partial charge >= 0.3 is 6.03 Å². The zero-order valence-corrected chi connectivity index (χ0v) is 16.2. The highest BCUT2D eigenvalue weighted by Gasteiger charge is 2.18. The molecule has 1 atom stereocenters. The lowest BCUT2D eigenvalue weighted by Gasteiger charge is -2.33. The molecule has 144 valence electrons. The van der Waals surface area contributed by atoms with Crippen LogP contribution in [0.2, 0.25) is 0 Å². The second-order valence-corrected chi connectivity index (χ2v) is 7.36. The van der Waals surface area contributed by atoms with Crippen molar-refractivity contribution in [3.63, 3.8) is 0 Å². The molecular formula is C22H30N4O. The van der Waals surface area contributed by atoms with Gasteiger partial charge in [0.1, 0.15) is 0 Å². The van der Waals surface area contributed by atoms with E-state index >= 15 is 0 Å². The number of hydrogen-bond acceptors (Lipinski definition) is 3. The van der Waals surface area contributed by atoms with E-state index in [2.05, 4.69) is 45.6 Å². The standard InChI is InChI=1S/C22H30N4O/c1-18-7-2-3-14-26(18)17-20-8-4-11-21(15-20)25-22(27)24-13-6-10-19-9-5-12-23-16-19/h4-5,8-9,11-12,15-16,18H,2-3,6-7,10,13-14,17H2,1H3,(H2,24,25,27). The molecule has 2 aromatic rings. The van der Waals surface area contributed by atoms with Crippen LogP contribution in [0.25, 0.3) is 0 Å². The number of urea groups is 1. The van der Waals surface area contributed by atoms with Crippen LogP contribution < -0.4 is 10.6 Å². The topological polar surface area (TPSA) is 57.3 Å². The van der Waals surface area contributed by atoms with Crippen LogP contribution in [0.3, 0.4) is 0 Å². The summed E-state index contributed by atoms with van der Waals surface area (Å²) >= 11 is 0. The number of nitrogens with one attached hydrogen (secondary N) is 2. The Bertz CT molecular complexity index is 719. The molecule has 2 heterocycles. The Morgan fingerprint density at radius 1 is 1.22 bits per heavy atom. The van der Waals surface area contributed by atoms with Gasteiger partial charge in [-0.15, -0.1) is 0 Å². The first kappa shape index (κ1) is 19.4. The molecule has 2 N–H and O–H groups in total. The summed E-state index contributed by atoms with van der Waals surface area (Å²) in [6.45, 7) is 5.06. The third-order valence-corrected chi connectivity index (χ3v) is 5.16. The molecule has 5 nitrogen and oxygen atoms in total. The van der Waals surface area contributed by atoms with Crippen molar-refractivity contribution in [1.29, 1.82) is 0 Å². The number of hydrogen-bond donors (Lipinski definition) is 2. The molecular weight excluding hydrogens is 336 g/mol. The minimum Gasteiger partial charge on any atom is -0.338 e. The largest absolute Gasteiger partial charge is 0.338 e. The maximum Gasteiger partial charge on any atom is 0.319 e. The lowest BCUT2D eigenvalue weighted by atomic mass is 10.0. The third-order valence-electron chi connectivity index (χ3n) is 5.16. The first-order valence-corrected chi connectivity index (χ1v) is 9.97. The second-order valence-electron chi connectivity index (χ2n) is 7.36. The number of carbonyl (C=O) groups is 1. The van der Waals surface area contributed by atoms with Crippen molar-refractivity contribution in [2.24, 2.45) is 0 Å². The van der Waals surface area contributed by atoms with Gasteiger partial charge in [0.25, 0.3) is 0 Å². The van der Waals surface area contributed by atoms with Crippen LogP contribution in [0.5, 0.6) is 0 Å². The van der Waals surface area contributed by atoms with Gasteiger partial charge < -0.3 is 10.6 Å². The fourth-order valence-electron chi connectivity index (χ4n) is 3.59. The van der Waals surface area contributed by atoms with E-state index in [4.69, 9.17) is 0 Å². The van der Waals surface area contributed by atoms with Crippen LogP contribution in [-0.4, -0.2) is 35.0 Å². The van der Waals surface area contributed by atoms with E-state index in [0.29, 0.717) is 12.6 Å². The normalized spacial score (nSPS) is 17.4. The molecule has 0 radical (unpaired) electrons. The van der Waals surface area contributed by atoms with Crippen molar-refractivity contribution in [3.05, 3.63) is 59.9 Å². The Hall–Kier alpha value is -2.40. The molecule has 3 rings (SSSR count). The highest BCUT2D eigenvalue weighted by molar-refractivity contribution is 5.89. The summed E-state index contributed by atoms with van der Waals surface area (Å²) in [5.74, 6) is 0. The summed E-state index contributed by atoms with van der Waals surface area (Å²) in [4.78, 5) is 18.8. The molecule has 1 aromatic carbocycles. The molecule has 0 spiro atoms. The average molecular weight is 367 g/mol. The zero-order chi connectivity index (χ0) is 18.9. The van der Waals surface area contributed by atoms with Gasteiger partial charge in [-0.05, 0) is 68.5 Å². The summed E-state index contributed by atoms with van der Waals surface area (Å²) in [5.41, 5.74) is 3.29. The number of pyridine rings is 1. The highest BCUT2D eigenvalue weighted by atomic mass is 16.2. The maximum absolute atomic E-state index is 12.1. The van der Waals surface area contributed by atoms with E-state index in [9.17, 15) is 4.79 Å². The molecule has 1 saturated heterocycles. The number of piperidine rings is 1. The fourth-order valence-corrected chi connectivity index (χ4v) is 3.59. The summed E-state index contributed by atoms with van der Waals surface area (Å²) in [6, 6.07) is 12.7. The molecule has 0 aliphatic carbocycles. The van der Waals surface area contributed by atoms with Gasteiger partial charge in [0.05, 0.1) is 0 Å². The summed E-state index contributed by atoms with van der Waals surface area (Å²) in [7, 11) is 0. The van der Waals surface area contributed by atoms with E-state index in [1.807, 2.05) is 24.4 Å². The Kier molecular flexibility index (Phi) is 7.22. The van der Waals surface area contributed by atoms with E-state index in [1.54, 1.807) is 6.20 Å². The number of aromatic nitrogens is 1. The van der Waals surface area contributed by atoms with Gasteiger partial charge in [-0.25, -0.2) is 4.79 Å². The second kappa shape index (κ2) is 10.1. The molecule has 1 aliphatic heterocycles. The zero-order valence-electron chi connectivity index (χ0n) is 16.2. The SMILES string of the molecule is CC1CCCCN1Cc1cccc(NC(=O)NCCCc2cccnc2)c1. The number of nitrogens with zero attached hydrogens (tertiary/aromatic N) is 2. The predicted octanol–water partition coefficient (Wildman–Crippen LogP) is 4.21. The molecule has 1 aliphatic rings. The van der Waals surface area contributed by atoms with Crippen LogP contribution in [0, 0.1) is 0 Å². The first-order chi connectivity index (χ1) is 13.2. The molecule has 27 heavy (non-hydrogen) atoms.